The number of amides is 1. The standard InChI is InChI=1S/C26H23N3O3/c1-17-9-5-8-14-21(17)28-26(31)24(15-18-10-3-2-4-11-18)27-23-16-22(29-32)19-12-6-7-13-20(19)25(23)30/h2-14,16,24,27,30H,15H2,1H3,(H,28,31)/t24-/m1/s1. The fourth-order valence-corrected chi connectivity index (χ4v) is 3.71. The summed E-state index contributed by atoms with van der Waals surface area (Å²) in [5.41, 5.74) is 3.09. The number of hydrogen-bond donors (Lipinski definition) is 3. The first-order valence-electron chi connectivity index (χ1n) is 10.3. The number of anilines is 2. The molecule has 0 aliphatic rings. The second-order valence-electron chi connectivity index (χ2n) is 7.62. The molecule has 4 aromatic rings. The van der Waals surface area contributed by atoms with Crippen molar-refractivity contribution >= 4 is 33.7 Å². The predicted molar refractivity (Wildman–Crippen MR) is 128 cm³/mol. The molecule has 6 heteroatoms. The van der Waals surface area contributed by atoms with Gasteiger partial charge in [0.2, 0.25) is 5.91 Å². The zero-order valence-corrected chi connectivity index (χ0v) is 17.6. The van der Waals surface area contributed by atoms with Crippen LogP contribution in [0.5, 0.6) is 5.75 Å². The van der Waals surface area contributed by atoms with Gasteiger partial charge < -0.3 is 15.7 Å². The van der Waals surface area contributed by atoms with Crippen molar-refractivity contribution in [3.05, 3.63) is 101 Å². The smallest absolute Gasteiger partial charge is 0.247 e. The van der Waals surface area contributed by atoms with E-state index in [0.717, 1.165) is 16.8 Å². The molecular weight excluding hydrogens is 402 g/mol. The first-order chi connectivity index (χ1) is 15.6. The average molecular weight is 425 g/mol. The summed E-state index contributed by atoms with van der Waals surface area (Å²) in [6, 6.07) is 24.9. The summed E-state index contributed by atoms with van der Waals surface area (Å²) in [6.07, 6.45) is 0.384. The molecule has 6 nitrogen and oxygen atoms in total. The van der Waals surface area contributed by atoms with Crippen molar-refractivity contribution in [2.45, 2.75) is 19.4 Å². The van der Waals surface area contributed by atoms with E-state index in [-0.39, 0.29) is 23.0 Å². The van der Waals surface area contributed by atoms with Gasteiger partial charge in [-0.05, 0) is 35.4 Å². The average Bonchev–Trinajstić information content (AvgIpc) is 2.82. The van der Waals surface area contributed by atoms with Crippen molar-refractivity contribution in [2.75, 3.05) is 10.6 Å². The number of aromatic hydroxyl groups is 1. The maximum absolute atomic E-state index is 13.3. The molecule has 0 aromatic heterocycles. The number of rotatable bonds is 7. The van der Waals surface area contributed by atoms with Crippen molar-refractivity contribution in [3.8, 4) is 5.75 Å². The monoisotopic (exact) mass is 425 g/mol. The van der Waals surface area contributed by atoms with Crippen LogP contribution in [0.3, 0.4) is 0 Å². The Kier molecular flexibility index (Phi) is 6.12. The SMILES string of the molecule is Cc1ccccc1NC(=O)[C@@H](Cc1ccccc1)Nc1cc(N=O)c2ccccc2c1O. The van der Waals surface area contributed by atoms with E-state index in [0.29, 0.717) is 17.2 Å². The Bertz CT molecular complexity index is 1270. The van der Waals surface area contributed by atoms with Gasteiger partial charge in [-0.1, -0.05) is 72.8 Å². The first kappa shape index (κ1) is 21.1. The van der Waals surface area contributed by atoms with Gasteiger partial charge in [0.15, 0.2) is 0 Å². The highest BCUT2D eigenvalue weighted by Gasteiger charge is 2.22. The van der Waals surface area contributed by atoms with Crippen molar-refractivity contribution in [1.29, 1.82) is 0 Å². The molecule has 4 aromatic carbocycles. The fraction of sp³-hybridized carbons (Fsp3) is 0.115. The summed E-state index contributed by atoms with van der Waals surface area (Å²) in [5, 5.41) is 21.1. The number of carbonyl (C=O) groups excluding carboxylic acids is 1. The number of benzene rings is 4. The molecule has 0 fully saturated rings. The summed E-state index contributed by atoms with van der Waals surface area (Å²) < 4.78 is 0. The van der Waals surface area contributed by atoms with Crippen LogP contribution in [0, 0.1) is 11.8 Å². The zero-order valence-electron chi connectivity index (χ0n) is 17.6. The Morgan fingerprint density at radius 2 is 1.56 bits per heavy atom. The van der Waals surface area contributed by atoms with Gasteiger partial charge in [0.25, 0.3) is 0 Å². The normalized spacial score (nSPS) is 11.7. The van der Waals surface area contributed by atoms with Gasteiger partial charge in [-0.25, -0.2) is 0 Å². The highest BCUT2D eigenvalue weighted by atomic mass is 16.3. The van der Waals surface area contributed by atoms with Gasteiger partial charge in [0.05, 0.1) is 5.69 Å². The largest absolute Gasteiger partial charge is 0.505 e. The second-order valence-corrected chi connectivity index (χ2v) is 7.62. The van der Waals surface area contributed by atoms with Crippen LogP contribution in [0.4, 0.5) is 17.1 Å². The van der Waals surface area contributed by atoms with Gasteiger partial charge in [-0.2, -0.15) is 0 Å². The summed E-state index contributed by atoms with van der Waals surface area (Å²) in [6.45, 7) is 1.92. The third-order valence-corrected chi connectivity index (χ3v) is 5.42. The van der Waals surface area contributed by atoms with Crippen molar-refractivity contribution in [1.82, 2.24) is 0 Å². The zero-order chi connectivity index (χ0) is 22.5. The van der Waals surface area contributed by atoms with Crippen LogP contribution in [-0.2, 0) is 11.2 Å². The third kappa shape index (κ3) is 4.44. The quantitative estimate of drug-likeness (QED) is 0.253. The lowest BCUT2D eigenvalue weighted by Crippen LogP contribution is -2.36. The number of aryl methyl sites for hydroxylation is 1. The van der Waals surface area contributed by atoms with Gasteiger partial charge >= 0.3 is 0 Å². The lowest BCUT2D eigenvalue weighted by Gasteiger charge is -2.22. The number of phenols is 1. The molecule has 0 saturated heterocycles. The molecule has 160 valence electrons. The Hall–Kier alpha value is -4.19. The molecule has 1 atom stereocenters. The van der Waals surface area contributed by atoms with E-state index >= 15 is 0 Å². The molecule has 1 amide bonds. The summed E-state index contributed by atoms with van der Waals surface area (Å²) >= 11 is 0. The van der Waals surface area contributed by atoms with Crippen LogP contribution < -0.4 is 10.6 Å². The molecule has 0 aliphatic carbocycles. The third-order valence-electron chi connectivity index (χ3n) is 5.42. The second kappa shape index (κ2) is 9.31. The number of fused-ring (bicyclic) bond motifs is 1. The molecule has 0 aliphatic heterocycles. The summed E-state index contributed by atoms with van der Waals surface area (Å²) in [4.78, 5) is 24.7. The van der Waals surface area contributed by atoms with Crippen molar-refractivity contribution in [2.24, 2.45) is 5.18 Å². The molecule has 0 radical (unpaired) electrons. The van der Waals surface area contributed by atoms with Crippen LogP contribution in [0.15, 0.2) is 90.1 Å². The Morgan fingerprint density at radius 1 is 0.906 bits per heavy atom. The lowest BCUT2D eigenvalue weighted by atomic mass is 10.0. The van der Waals surface area contributed by atoms with Crippen LogP contribution in [-0.4, -0.2) is 17.1 Å². The van der Waals surface area contributed by atoms with Crippen LogP contribution in [0.25, 0.3) is 10.8 Å². The minimum Gasteiger partial charge on any atom is -0.505 e. The molecule has 0 unspecified atom stereocenters. The van der Waals surface area contributed by atoms with Gasteiger partial charge in [-0.3, -0.25) is 4.79 Å². The molecule has 4 rings (SSSR count). The first-order valence-corrected chi connectivity index (χ1v) is 10.3. The van der Waals surface area contributed by atoms with Gasteiger partial charge in [0, 0.05) is 22.9 Å². The molecule has 0 heterocycles. The maximum atomic E-state index is 13.3. The van der Waals surface area contributed by atoms with E-state index in [9.17, 15) is 14.8 Å². The minimum absolute atomic E-state index is 0.0326. The fourth-order valence-electron chi connectivity index (χ4n) is 3.71. The summed E-state index contributed by atoms with van der Waals surface area (Å²) in [5.74, 6) is -0.286. The topological polar surface area (TPSA) is 90.8 Å². The van der Waals surface area contributed by atoms with E-state index < -0.39 is 6.04 Å². The molecule has 0 bridgehead atoms. The maximum Gasteiger partial charge on any atom is 0.247 e. The number of nitrogens with one attached hydrogen (secondary N) is 2. The summed E-state index contributed by atoms with van der Waals surface area (Å²) in [7, 11) is 0. The number of nitrogens with zero attached hydrogens (tertiary/aromatic N) is 1. The Balaban J connectivity index is 1.70. The lowest BCUT2D eigenvalue weighted by molar-refractivity contribution is -0.116. The number of phenolic OH excluding ortho intramolecular Hbond substituents is 1. The van der Waals surface area contributed by atoms with Crippen LogP contribution >= 0.6 is 0 Å². The molecule has 32 heavy (non-hydrogen) atoms. The Morgan fingerprint density at radius 3 is 2.28 bits per heavy atom. The molecule has 0 saturated carbocycles. The Labute approximate surface area is 185 Å². The van der Waals surface area contributed by atoms with Crippen molar-refractivity contribution < 1.29 is 9.90 Å². The highest BCUT2D eigenvalue weighted by Crippen LogP contribution is 2.39. The molecule has 0 spiro atoms. The van der Waals surface area contributed by atoms with Crippen molar-refractivity contribution in [3.63, 3.8) is 0 Å². The number of para-hydroxylation sites is 1. The van der Waals surface area contributed by atoms with E-state index in [4.69, 9.17) is 0 Å². The van der Waals surface area contributed by atoms with E-state index in [1.807, 2.05) is 61.5 Å². The van der Waals surface area contributed by atoms with Crippen LogP contribution in [0.2, 0.25) is 0 Å². The number of hydrogen-bond acceptors (Lipinski definition) is 5. The van der Waals surface area contributed by atoms with Gasteiger partial charge in [-0.15, -0.1) is 4.91 Å². The van der Waals surface area contributed by atoms with Crippen LogP contribution in [0.1, 0.15) is 11.1 Å². The molecule has 3 N–H and O–H groups in total. The van der Waals surface area contributed by atoms with E-state index in [2.05, 4.69) is 15.8 Å². The minimum atomic E-state index is -0.705. The number of carbonyl (C=O) groups is 1. The highest BCUT2D eigenvalue weighted by molar-refractivity contribution is 6.02. The predicted octanol–water partition coefficient (Wildman–Crippen LogP) is 5.91. The van der Waals surface area contributed by atoms with E-state index in [1.165, 1.54) is 6.07 Å². The molecular formula is C26H23N3O3. The number of nitroso groups, excluding NO2 is 1. The van der Waals surface area contributed by atoms with Gasteiger partial charge in [0.1, 0.15) is 17.5 Å². The van der Waals surface area contributed by atoms with E-state index in [1.54, 1.807) is 24.3 Å².